The molecule has 138 valence electrons. The Hall–Kier alpha value is -2.30. The maximum Gasteiger partial charge on any atom is 0.292 e. The molecule has 1 fully saturated rings. The van der Waals surface area contributed by atoms with E-state index in [2.05, 4.69) is 5.32 Å². The lowest BCUT2D eigenvalue weighted by atomic mass is 10.1. The summed E-state index contributed by atoms with van der Waals surface area (Å²) in [7, 11) is 0. The van der Waals surface area contributed by atoms with Crippen LogP contribution in [0.2, 0.25) is 10.0 Å². The second-order valence-electron chi connectivity index (χ2n) is 6.91. The van der Waals surface area contributed by atoms with Gasteiger partial charge in [-0.25, -0.2) is 0 Å². The molecule has 0 atom stereocenters. The van der Waals surface area contributed by atoms with E-state index in [1.807, 2.05) is 41.8 Å². The van der Waals surface area contributed by atoms with Gasteiger partial charge in [0.2, 0.25) is 0 Å². The SMILES string of the molecule is Cc1c(C(=O)C(=O)NC2CC2)c2cc(Cl)ccc2n1Cc1ccc(Cl)cc1. The molecule has 0 bridgehead atoms. The standard InChI is InChI=1S/C21H18Cl2N2O2/c1-12-19(20(26)21(27)24-16-7-8-16)17-10-15(23)6-9-18(17)25(12)11-13-2-4-14(22)5-3-13/h2-6,9-10,16H,7-8,11H2,1H3,(H,24,27). The summed E-state index contributed by atoms with van der Waals surface area (Å²) in [5, 5.41) is 4.68. The number of Topliss-reactive ketones (excluding diaryl/α,β-unsaturated/α-hetero) is 1. The van der Waals surface area contributed by atoms with Crippen LogP contribution in [0.4, 0.5) is 0 Å². The van der Waals surface area contributed by atoms with E-state index in [-0.39, 0.29) is 6.04 Å². The van der Waals surface area contributed by atoms with E-state index in [1.54, 1.807) is 12.1 Å². The number of aromatic nitrogens is 1. The monoisotopic (exact) mass is 400 g/mol. The summed E-state index contributed by atoms with van der Waals surface area (Å²) >= 11 is 12.1. The highest BCUT2D eigenvalue weighted by atomic mass is 35.5. The molecular formula is C21H18Cl2N2O2. The third-order valence-corrected chi connectivity index (χ3v) is 5.37. The molecule has 4 rings (SSSR count). The van der Waals surface area contributed by atoms with Crippen molar-refractivity contribution in [2.75, 3.05) is 0 Å². The van der Waals surface area contributed by atoms with Gasteiger partial charge in [0.15, 0.2) is 0 Å². The highest BCUT2D eigenvalue weighted by molar-refractivity contribution is 6.45. The third kappa shape index (κ3) is 3.60. The number of ketones is 1. The molecule has 1 aromatic heterocycles. The Labute approximate surface area is 167 Å². The zero-order chi connectivity index (χ0) is 19.1. The Morgan fingerprint density at radius 3 is 2.41 bits per heavy atom. The van der Waals surface area contributed by atoms with E-state index in [9.17, 15) is 9.59 Å². The number of hydrogen-bond donors (Lipinski definition) is 1. The topological polar surface area (TPSA) is 51.1 Å². The molecule has 1 amide bonds. The fraction of sp³-hybridized carbons (Fsp3) is 0.238. The van der Waals surface area contributed by atoms with Crippen LogP contribution in [0.25, 0.3) is 10.9 Å². The van der Waals surface area contributed by atoms with Gasteiger partial charge in [0.05, 0.1) is 5.56 Å². The van der Waals surface area contributed by atoms with E-state index < -0.39 is 11.7 Å². The van der Waals surface area contributed by atoms with Gasteiger partial charge in [-0.05, 0) is 55.7 Å². The first kappa shape index (κ1) is 18.1. The molecule has 0 aliphatic heterocycles. The number of amides is 1. The Balaban J connectivity index is 1.79. The fourth-order valence-corrected chi connectivity index (χ4v) is 3.61. The number of benzene rings is 2. The lowest BCUT2D eigenvalue weighted by Crippen LogP contribution is -2.33. The lowest BCUT2D eigenvalue weighted by Gasteiger charge is -2.09. The van der Waals surface area contributed by atoms with Crippen molar-refractivity contribution in [3.8, 4) is 0 Å². The van der Waals surface area contributed by atoms with E-state index in [0.29, 0.717) is 27.5 Å². The molecule has 1 N–H and O–H groups in total. The van der Waals surface area contributed by atoms with Crippen LogP contribution in [0, 0.1) is 6.92 Å². The minimum atomic E-state index is -0.550. The van der Waals surface area contributed by atoms with Crippen molar-refractivity contribution in [2.45, 2.75) is 32.4 Å². The van der Waals surface area contributed by atoms with Gasteiger partial charge in [0.1, 0.15) is 0 Å². The number of rotatable bonds is 5. The van der Waals surface area contributed by atoms with E-state index in [4.69, 9.17) is 23.2 Å². The highest BCUT2D eigenvalue weighted by Gasteiger charge is 2.30. The number of nitrogens with zero attached hydrogens (tertiary/aromatic N) is 1. The summed E-state index contributed by atoms with van der Waals surface area (Å²) in [6.45, 7) is 2.43. The molecule has 1 saturated carbocycles. The minimum Gasteiger partial charge on any atom is -0.346 e. The summed E-state index contributed by atoms with van der Waals surface area (Å²) in [5.74, 6) is -1.06. The summed E-state index contributed by atoms with van der Waals surface area (Å²) in [6, 6.07) is 13.1. The predicted molar refractivity (Wildman–Crippen MR) is 108 cm³/mol. The Bertz CT molecular complexity index is 1050. The molecule has 3 aromatic rings. The molecule has 2 aromatic carbocycles. The van der Waals surface area contributed by atoms with Crippen LogP contribution in [0.15, 0.2) is 42.5 Å². The van der Waals surface area contributed by atoms with Gasteiger partial charge in [-0.1, -0.05) is 35.3 Å². The van der Waals surface area contributed by atoms with Crippen molar-refractivity contribution in [3.05, 3.63) is 69.3 Å². The molecule has 0 saturated heterocycles. The van der Waals surface area contributed by atoms with Gasteiger partial charge in [0.25, 0.3) is 11.7 Å². The maximum absolute atomic E-state index is 12.9. The van der Waals surface area contributed by atoms with Crippen LogP contribution in [0.5, 0.6) is 0 Å². The second kappa shape index (κ2) is 7.02. The second-order valence-corrected chi connectivity index (χ2v) is 7.78. The molecule has 0 radical (unpaired) electrons. The Kier molecular flexibility index (Phi) is 4.70. The molecular weight excluding hydrogens is 383 g/mol. The van der Waals surface area contributed by atoms with Crippen LogP contribution in [0.3, 0.4) is 0 Å². The number of hydrogen-bond acceptors (Lipinski definition) is 2. The van der Waals surface area contributed by atoms with Crippen LogP contribution >= 0.6 is 23.2 Å². The molecule has 1 aliphatic carbocycles. The van der Waals surface area contributed by atoms with E-state index in [0.717, 1.165) is 29.6 Å². The van der Waals surface area contributed by atoms with Gasteiger partial charge in [-0.3, -0.25) is 9.59 Å². The Morgan fingerprint density at radius 2 is 1.74 bits per heavy atom. The molecule has 1 aliphatic rings. The predicted octanol–water partition coefficient (Wildman–Crippen LogP) is 4.77. The van der Waals surface area contributed by atoms with Crippen molar-refractivity contribution in [1.29, 1.82) is 0 Å². The summed E-state index contributed by atoms with van der Waals surface area (Å²) in [5.41, 5.74) is 3.09. The zero-order valence-electron chi connectivity index (χ0n) is 14.8. The number of carbonyl (C=O) groups excluding carboxylic acids is 2. The average Bonchev–Trinajstić information content (AvgIpc) is 3.41. The number of halogens is 2. The van der Waals surface area contributed by atoms with Crippen LogP contribution in [0.1, 0.15) is 34.5 Å². The normalized spacial score (nSPS) is 13.7. The first-order chi connectivity index (χ1) is 12.9. The molecule has 0 spiro atoms. The van der Waals surface area contributed by atoms with Gasteiger partial charge >= 0.3 is 0 Å². The number of fused-ring (bicyclic) bond motifs is 1. The van der Waals surface area contributed by atoms with E-state index in [1.165, 1.54) is 0 Å². The van der Waals surface area contributed by atoms with Crippen LogP contribution < -0.4 is 5.32 Å². The maximum atomic E-state index is 12.9. The van der Waals surface area contributed by atoms with Gasteiger partial charge in [-0.15, -0.1) is 0 Å². The van der Waals surface area contributed by atoms with Gasteiger partial charge in [0, 0.05) is 39.2 Å². The average molecular weight is 401 g/mol. The van der Waals surface area contributed by atoms with Crippen molar-refractivity contribution in [1.82, 2.24) is 9.88 Å². The van der Waals surface area contributed by atoms with E-state index >= 15 is 0 Å². The molecule has 1 heterocycles. The lowest BCUT2D eigenvalue weighted by molar-refractivity contribution is -0.117. The summed E-state index contributed by atoms with van der Waals surface area (Å²) in [6.07, 6.45) is 1.87. The first-order valence-corrected chi connectivity index (χ1v) is 9.57. The number of nitrogens with one attached hydrogen (secondary N) is 1. The third-order valence-electron chi connectivity index (χ3n) is 4.89. The van der Waals surface area contributed by atoms with Gasteiger partial charge < -0.3 is 9.88 Å². The summed E-state index contributed by atoms with van der Waals surface area (Å²) in [4.78, 5) is 25.2. The largest absolute Gasteiger partial charge is 0.346 e. The molecule has 27 heavy (non-hydrogen) atoms. The smallest absolute Gasteiger partial charge is 0.292 e. The molecule has 4 nitrogen and oxygen atoms in total. The van der Waals surface area contributed by atoms with Crippen LogP contribution in [-0.4, -0.2) is 22.3 Å². The first-order valence-electron chi connectivity index (χ1n) is 8.82. The van der Waals surface area contributed by atoms with Crippen molar-refractivity contribution >= 4 is 45.8 Å². The zero-order valence-corrected chi connectivity index (χ0v) is 16.3. The summed E-state index contributed by atoms with van der Waals surface area (Å²) < 4.78 is 2.03. The molecule has 6 heteroatoms. The number of carbonyl (C=O) groups is 2. The van der Waals surface area contributed by atoms with Crippen molar-refractivity contribution in [2.24, 2.45) is 0 Å². The quantitative estimate of drug-likeness (QED) is 0.495. The minimum absolute atomic E-state index is 0.132. The molecule has 0 unspecified atom stereocenters. The Morgan fingerprint density at radius 1 is 1.07 bits per heavy atom. The fourth-order valence-electron chi connectivity index (χ4n) is 3.31. The highest BCUT2D eigenvalue weighted by Crippen LogP contribution is 2.30. The van der Waals surface area contributed by atoms with Crippen molar-refractivity contribution in [3.63, 3.8) is 0 Å². The van der Waals surface area contributed by atoms with Gasteiger partial charge in [-0.2, -0.15) is 0 Å². The van der Waals surface area contributed by atoms with Crippen LogP contribution in [-0.2, 0) is 11.3 Å². The van der Waals surface area contributed by atoms with Crippen molar-refractivity contribution < 1.29 is 9.59 Å².